The van der Waals surface area contributed by atoms with Crippen molar-refractivity contribution in [1.82, 2.24) is 4.90 Å². The second kappa shape index (κ2) is 9.80. The molecule has 2 aromatic carbocycles. The SMILES string of the molecule is C=CCN1C(=O)C(=C2Sc3ccc(OC)cc3N2CC)SC1=Nc1cc(C(C)C)c(O)cc1C. The number of benzene rings is 2. The molecule has 0 spiro atoms. The number of thioether (sulfide) groups is 2. The molecule has 0 aliphatic carbocycles. The number of phenolic OH excluding ortho intramolecular Hbond substituents is 1. The highest BCUT2D eigenvalue weighted by molar-refractivity contribution is 8.19. The van der Waals surface area contributed by atoms with E-state index in [0.29, 0.717) is 16.6 Å². The lowest BCUT2D eigenvalue weighted by molar-refractivity contribution is -0.121. The number of phenols is 1. The number of aromatic hydroxyl groups is 1. The topological polar surface area (TPSA) is 65.4 Å². The van der Waals surface area contributed by atoms with Gasteiger partial charge in [0.15, 0.2) is 5.17 Å². The molecule has 1 N–H and O–H groups in total. The minimum absolute atomic E-state index is 0.0788. The van der Waals surface area contributed by atoms with Gasteiger partial charge in [-0.15, -0.1) is 6.58 Å². The van der Waals surface area contributed by atoms with Crippen LogP contribution in [0.5, 0.6) is 11.5 Å². The molecule has 1 amide bonds. The third-order valence-electron chi connectivity index (χ3n) is 5.78. The van der Waals surface area contributed by atoms with Crippen LogP contribution in [0, 0.1) is 6.92 Å². The Morgan fingerprint density at radius 1 is 1.21 bits per heavy atom. The normalized spacial score (nSPS) is 18.9. The molecule has 0 bridgehead atoms. The molecule has 178 valence electrons. The molecule has 0 unspecified atom stereocenters. The van der Waals surface area contributed by atoms with Crippen LogP contribution in [-0.2, 0) is 4.79 Å². The summed E-state index contributed by atoms with van der Waals surface area (Å²) in [5.41, 5.74) is 3.48. The quantitative estimate of drug-likeness (QED) is 0.370. The van der Waals surface area contributed by atoms with Crippen molar-refractivity contribution in [3.8, 4) is 11.5 Å². The molecule has 0 saturated carbocycles. The van der Waals surface area contributed by atoms with Crippen LogP contribution in [0.15, 0.2) is 62.8 Å². The Bertz CT molecular complexity index is 1220. The standard InChI is InChI=1S/C26H29N3O3S2/c1-7-11-29-24(31)23(25-28(8-2)20-13-17(32-6)9-10-22(20)33-25)34-26(29)27-19-14-18(15(3)4)21(30)12-16(19)5/h7,9-10,12-15,30H,1,8,11H2,2-6H3. The van der Waals surface area contributed by atoms with Crippen LogP contribution in [0.3, 0.4) is 0 Å². The summed E-state index contributed by atoms with van der Waals surface area (Å²) >= 11 is 2.98. The third kappa shape index (κ3) is 4.32. The fourth-order valence-electron chi connectivity index (χ4n) is 3.96. The molecule has 8 heteroatoms. The molecule has 2 aliphatic heterocycles. The van der Waals surface area contributed by atoms with Crippen LogP contribution >= 0.6 is 23.5 Å². The zero-order valence-electron chi connectivity index (χ0n) is 20.1. The first-order valence-electron chi connectivity index (χ1n) is 11.2. The van der Waals surface area contributed by atoms with Crippen molar-refractivity contribution >= 4 is 46.0 Å². The third-order valence-corrected chi connectivity index (χ3v) is 8.16. The Balaban J connectivity index is 1.79. The maximum Gasteiger partial charge on any atom is 0.269 e. The predicted molar refractivity (Wildman–Crippen MR) is 142 cm³/mol. The summed E-state index contributed by atoms with van der Waals surface area (Å²) < 4.78 is 5.41. The number of nitrogens with zero attached hydrogens (tertiary/aromatic N) is 3. The van der Waals surface area contributed by atoms with Crippen molar-refractivity contribution in [3.63, 3.8) is 0 Å². The molecule has 2 heterocycles. The number of amides is 1. The summed E-state index contributed by atoms with van der Waals surface area (Å²) in [6.07, 6.45) is 1.71. The fourth-order valence-corrected chi connectivity index (χ4v) is 6.34. The number of aliphatic imine (C=N–C) groups is 1. The lowest BCUT2D eigenvalue weighted by Gasteiger charge is -2.19. The van der Waals surface area contributed by atoms with Gasteiger partial charge >= 0.3 is 0 Å². The number of rotatable bonds is 6. The summed E-state index contributed by atoms with van der Waals surface area (Å²) in [5, 5.41) is 11.9. The minimum atomic E-state index is -0.0788. The zero-order chi connectivity index (χ0) is 24.6. The molecule has 2 aliphatic rings. The van der Waals surface area contributed by atoms with E-state index < -0.39 is 0 Å². The number of hydrogen-bond acceptors (Lipinski definition) is 7. The smallest absolute Gasteiger partial charge is 0.269 e. The van der Waals surface area contributed by atoms with E-state index >= 15 is 0 Å². The Hall–Kier alpha value is -2.84. The largest absolute Gasteiger partial charge is 0.508 e. The van der Waals surface area contributed by atoms with Gasteiger partial charge in [0, 0.05) is 24.1 Å². The van der Waals surface area contributed by atoms with Crippen molar-refractivity contribution in [2.24, 2.45) is 4.99 Å². The Kier molecular flexibility index (Phi) is 7.00. The van der Waals surface area contributed by atoms with E-state index in [-0.39, 0.29) is 17.6 Å². The first kappa shape index (κ1) is 24.3. The van der Waals surface area contributed by atoms with Crippen molar-refractivity contribution in [1.29, 1.82) is 0 Å². The number of hydrogen-bond donors (Lipinski definition) is 1. The predicted octanol–water partition coefficient (Wildman–Crippen LogP) is 6.38. The maximum atomic E-state index is 13.5. The first-order chi connectivity index (χ1) is 16.3. The van der Waals surface area contributed by atoms with Crippen LogP contribution < -0.4 is 9.64 Å². The van der Waals surface area contributed by atoms with Crippen molar-refractivity contribution in [2.45, 2.75) is 38.5 Å². The molecule has 0 aromatic heterocycles. The van der Waals surface area contributed by atoms with E-state index in [1.54, 1.807) is 35.9 Å². The summed E-state index contributed by atoms with van der Waals surface area (Å²) in [4.78, 5) is 24.0. The van der Waals surface area contributed by atoms with Gasteiger partial charge in [-0.1, -0.05) is 31.7 Å². The minimum Gasteiger partial charge on any atom is -0.508 e. The number of anilines is 1. The summed E-state index contributed by atoms with van der Waals surface area (Å²) in [5.74, 6) is 1.13. The van der Waals surface area contributed by atoms with Gasteiger partial charge in [0.2, 0.25) is 0 Å². The van der Waals surface area contributed by atoms with Gasteiger partial charge in [-0.3, -0.25) is 9.69 Å². The van der Waals surface area contributed by atoms with Gasteiger partial charge in [-0.05, 0) is 66.9 Å². The van der Waals surface area contributed by atoms with Crippen LogP contribution in [0.2, 0.25) is 0 Å². The average molecular weight is 496 g/mol. The van der Waals surface area contributed by atoms with E-state index in [2.05, 4.69) is 18.4 Å². The van der Waals surface area contributed by atoms with Gasteiger partial charge in [-0.25, -0.2) is 4.99 Å². The molecule has 6 nitrogen and oxygen atoms in total. The monoisotopic (exact) mass is 495 g/mol. The van der Waals surface area contributed by atoms with Gasteiger partial charge in [-0.2, -0.15) is 0 Å². The lowest BCUT2D eigenvalue weighted by Crippen LogP contribution is -2.30. The van der Waals surface area contributed by atoms with Crippen molar-refractivity contribution < 1.29 is 14.6 Å². The van der Waals surface area contributed by atoms with E-state index in [4.69, 9.17) is 9.73 Å². The van der Waals surface area contributed by atoms with Crippen LogP contribution in [0.4, 0.5) is 11.4 Å². The zero-order valence-corrected chi connectivity index (χ0v) is 21.7. The number of aryl methyl sites for hydroxylation is 1. The molecule has 4 rings (SSSR count). The number of carbonyl (C=O) groups is 1. The fraction of sp³-hybridized carbons (Fsp3) is 0.308. The second-order valence-corrected chi connectivity index (χ2v) is 10.4. The van der Waals surface area contributed by atoms with E-state index in [9.17, 15) is 9.90 Å². The van der Waals surface area contributed by atoms with Gasteiger partial charge < -0.3 is 14.7 Å². The van der Waals surface area contributed by atoms with Crippen LogP contribution in [0.1, 0.15) is 37.8 Å². The number of methoxy groups -OCH3 is 1. The van der Waals surface area contributed by atoms with Crippen LogP contribution in [-0.4, -0.2) is 41.3 Å². The summed E-state index contributed by atoms with van der Waals surface area (Å²) in [7, 11) is 1.65. The average Bonchev–Trinajstić information content (AvgIpc) is 3.32. The van der Waals surface area contributed by atoms with Gasteiger partial charge in [0.25, 0.3) is 5.91 Å². The highest BCUT2D eigenvalue weighted by atomic mass is 32.2. The molecular weight excluding hydrogens is 466 g/mol. The molecule has 0 atom stereocenters. The Morgan fingerprint density at radius 3 is 2.62 bits per heavy atom. The van der Waals surface area contributed by atoms with Crippen LogP contribution in [0.25, 0.3) is 0 Å². The van der Waals surface area contributed by atoms with E-state index in [1.165, 1.54) is 11.8 Å². The number of fused-ring (bicyclic) bond motifs is 1. The Labute approximate surface area is 209 Å². The van der Waals surface area contributed by atoms with Crippen molar-refractivity contribution in [3.05, 3.63) is 64.0 Å². The summed E-state index contributed by atoms with van der Waals surface area (Å²) in [6.45, 7) is 13.0. The van der Waals surface area contributed by atoms with E-state index in [0.717, 1.165) is 44.7 Å². The molecule has 34 heavy (non-hydrogen) atoms. The molecular formula is C26H29N3O3S2. The molecule has 1 saturated heterocycles. The van der Waals surface area contributed by atoms with Gasteiger partial charge in [0.05, 0.1) is 18.5 Å². The first-order valence-corrected chi connectivity index (χ1v) is 12.8. The van der Waals surface area contributed by atoms with E-state index in [1.807, 2.05) is 45.0 Å². The Morgan fingerprint density at radius 2 is 1.97 bits per heavy atom. The summed E-state index contributed by atoms with van der Waals surface area (Å²) in [6, 6.07) is 9.63. The highest BCUT2D eigenvalue weighted by Gasteiger charge is 2.39. The molecule has 2 aromatic rings. The van der Waals surface area contributed by atoms with Gasteiger partial charge in [0.1, 0.15) is 21.4 Å². The lowest BCUT2D eigenvalue weighted by atomic mass is 9.99. The van der Waals surface area contributed by atoms with Crippen molar-refractivity contribution in [2.75, 3.05) is 25.1 Å². The number of carbonyl (C=O) groups excluding carboxylic acids is 1. The second-order valence-electron chi connectivity index (χ2n) is 8.37. The molecule has 1 fully saturated rings. The molecule has 0 radical (unpaired) electrons. The number of ether oxygens (including phenoxy) is 1. The highest BCUT2D eigenvalue weighted by Crippen LogP contribution is 2.51. The maximum absolute atomic E-state index is 13.5. The number of amidine groups is 1.